The number of ether oxygens (including phenoxy) is 1. The number of phosphoric acid groups is 1. The van der Waals surface area contributed by atoms with Gasteiger partial charge in [-0.3, -0.25) is 9.32 Å². The smallest absolute Gasteiger partial charge is 0.460 e. The molecule has 24 heavy (non-hydrogen) atoms. The lowest BCUT2D eigenvalue weighted by Crippen LogP contribution is -2.32. The van der Waals surface area contributed by atoms with Gasteiger partial charge in [0.2, 0.25) is 0 Å². The molecular weight excluding hydrogens is 335 g/mol. The van der Waals surface area contributed by atoms with Crippen molar-refractivity contribution in [2.24, 2.45) is 0 Å². The predicted molar refractivity (Wildman–Crippen MR) is 91.4 cm³/mol. The summed E-state index contributed by atoms with van der Waals surface area (Å²) >= 11 is 0. The van der Waals surface area contributed by atoms with E-state index in [2.05, 4.69) is 11.4 Å². The van der Waals surface area contributed by atoms with Gasteiger partial charge in [-0.2, -0.15) is 0 Å². The molecule has 0 saturated carbocycles. The Morgan fingerprint density at radius 3 is 2.00 bits per heavy atom. The van der Waals surface area contributed by atoms with Crippen molar-refractivity contribution in [2.75, 3.05) is 6.61 Å². The lowest BCUT2D eigenvalue weighted by molar-refractivity contribution is -0.154. The Labute approximate surface area is 145 Å². The largest absolute Gasteiger partial charge is 0.469 e. The summed E-state index contributed by atoms with van der Waals surface area (Å²) in [5, 5.41) is 9.61. The standard InChI is InChI=1S/C16H33O7P/c1-3-4-5-6-7-8-9-10-11-12-16(18)23-14(2)15(17)13-22-24(19,20)21/h14-15,17H,3-13H2,1-2H3,(H2,19,20,21). The van der Waals surface area contributed by atoms with Gasteiger partial charge in [-0.1, -0.05) is 58.3 Å². The Bertz CT molecular complexity index is 369. The molecule has 0 aliphatic carbocycles. The van der Waals surface area contributed by atoms with E-state index in [1.54, 1.807) is 0 Å². The van der Waals surface area contributed by atoms with E-state index in [0.29, 0.717) is 0 Å². The molecule has 0 aromatic rings. The molecule has 0 aromatic carbocycles. The van der Waals surface area contributed by atoms with Gasteiger partial charge in [0.25, 0.3) is 0 Å². The van der Waals surface area contributed by atoms with Crippen LogP contribution in [-0.4, -0.2) is 39.7 Å². The number of unbranched alkanes of at least 4 members (excludes halogenated alkanes) is 8. The first-order valence-corrected chi connectivity index (χ1v) is 10.4. The van der Waals surface area contributed by atoms with Crippen molar-refractivity contribution in [3.8, 4) is 0 Å². The SMILES string of the molecule is CCCCCCCCCCCC(=O)OC(C)C(O)COP(=O)(O)O. The fraction of sp³-hybridized carbons (Fsp3) is 0.938. The van der Waals surface area contributed by atoms with Crippen LogP contribution in [0.2, 0.25) is 0 Å². The molecule has 0 fully saturated rings. The van der Waals surface area contributed by atoms with Gasteiger partial charge in [0.1, 0.15) is 12.2 Å². The van der Waals surface area contributed by atoms with Crippen LogP contribution in [0.1, 0.15) is 78.1 Å². The zero-order valence-corrected chi connectivity index (χ0v) is 15.7. The average Bonchev–Trinajstić information content (AvgIpc) is 2.50. The average molecular weight is 368 g/mol. The van der Waals surface area contributed by atoms with Gasteiger partial charge in [-0.05, 0) is 13.3 Å². The van der Waals surface area contributed by atoms with Crippen LogP contribution in [0.3, 0.4) is 0 Å². The van der Waals surface area contributed by atoms with Gasteiger partial charge in [0, 0.05) is 6.42 Å². The number of carbonyl (C=O) groups excluding carboxylic acids is 1. The Morgan fingerprint density at radius 2 is 1.50 bits per heavy atom. The Morgan fingerprint density at radius 1 is 1.00 bits per heavy atom. The van der Waals surface area contributed by atoms with Crippen LogP contribution in [0.15, 0.2) is 0 Å². The summed E-state index contributed by atoms with van der Waals surface area (Å²) in [5.74, 6) is -0.416. The van der Waals surface area contributed by atoms with E-state index >= 15 is 0 Å². The quantitative estimate of drug-likeness (QED) is 0.231. The molecule has 0 amide bonds. The first-order valence-electron chi connectivity index (χ1n) is 8.84. The summed E-state index contributed by atoms with van der Waals surface area (Å²) in [7, 11) is -4.63. The third-order valence-electron chi connectivity index (χ3n) is 3.76. The number of phosphoric ester groups is 1. The van der Waals surface area contributed by atoms with E-state index < -0.39 is 32.6 Å². The van der Waals surface area contributed by atoms with Crippen LogP contribution >= 0.6 is 7.82 Å². The van der Waals surface area contributed by atoms with Gasteiger partial charge in [-0.15, -0.1) is 0 Å². The van der Waals surface area contributed by atoms with E-state index in [9.17, 15) is 14.5 Å². The molecule has 0 aliphatic rings. The van der Waals surface area contributed by atoms with E-state index in [1.165, 1.54) is 45.4 Å². The molecule has 0 aliphatic heterocycles. The zero-order valence-electron chi connectivity index (χ0n) is 14.9. The lowest BCUT2D eigenvalue weighted by atomic mass is 10.1. The van der Waals surface area contributed by atoms with E-state index in [1.807, 2.05) is 0 Å². The maximum atomic E-state index is 11.6. The number of carbonyl (C=O) groups is 1. The molecule has 2 atom stereocenters. The van der Waals surface area contributed by atoms with Crippen molar-refractivity contribution >= 4 is 13.8 Å². The maximum Gasteiger partial charge on any atom is 0.469 e. The summed E-state index contributed by atoms with van der Waals surface area (Å²) in [5.41, 5.74) is 0. The molecule has 0 aromatic heterocycles. The highest BCUT2D eigenvalue weighted by molar-refractivity contribution is 7.46. The van der Waals surface area contributed by atoms with Crippen LogP contribution in [0.25, 0.3) is 0 Å². The highest BCUT2D eigenvalue weighted by Crippen LogP contribution is 2.35. The second kappa shape index (κ2) is 13.8. The number of aliphatic hydroxyl groups is 1. The van der Waals surface area contributed by atoms with Crippen molar-refractivity contribution in [3.63, 3.8) is 0 Å². The summed E-state index contributed by atoms with van der Waals surface area (Å²) in [6.07, 6.45) is 8.52. The maximum absolute atomic E-state index is 11.6. The van der Waals surface area contributed by atoms with Crippen molar-refractivity contribution in [1.29, 1.82) is 0 Å². The third kappa shape index (κ3) is 15.1. The second-order valence-corrected chi connectivity index (χ2v) is 7.37. The number of hydrogen-bond donors (Lipinski definition) is 3. The van der Waals surface area contributed by atoms with Crippen molar-refractivity contribution in [1.82, 2.24) is 0 Å². The lowest BCUT2D eigenvalue weighted by Gasteiger charge is -2.19. The molecule has 0 saturated heterocycles. The summed E-state index contributed by atoms with van der Waals surface area (Å²) in [6, 6.07) is 0. The van der Waals surface area contributed by atoms with Gasteiger partial charge in [0.15, 0.2) is 0 Å². The van der Waals surface area contributed by atoms with Crippen LogP contribution in [0.5, 0.6) is 0 Å². The topological polar surface area (TPSA) is 113 Å². The number of rotatable bonds is 15. The molecule has 7 nitrogen and oxygen atoms in total. The van der Waals surface area contributed by atoms with Crippen LogP contribution < -0.4 is 0 Å². The highest BCUT2D eigenvalue weighted by atomic mass is 31.2. The molecular formula is C16H33O7P. The molecule has 2 unspecified atom stereocenters. The molecule has 0 bridgehead atoms. The monoisotopic (exact) mass is 368 g/mol. The van der Waals surface area contributed by atoms with Gasteiger partial charge >= 0.3 is 13.8 Å². The van der Waals surface area contributed by atoms with E-state index in [-0.39, 0.29) is 6.42 Å². The van der Waals surface area contributed by atoms with Gasteiger partial charge < -0.3 is 19.6 Å². The molecule has 0 spiro atoms. The predicted octanol–water partition coefficient (Wildman–Crippen LogP) is 3.31. The molecule has 0 radical (unpaired) electrons. The number of aliphatic hydroxyl groups excluding tert-OH is 1. The van der Waals surface area contributed by atoms with Crippen LogP contribution in [0, 0.1) is 0 Å². The Kier molecular flexibility index (Phi) is 13.5. The highest BCUT2D eigenvalue weighted by Gasteiger charge is 2.23. The van der Waals surface area contributed by atoms with E-state index in [4.69, 9.17) is 14.5 Å². The second-order valence-electron chi connectivity index (χ2n) is 6.13. The fourth-order valence-electron chi connectivity index (χ4n) is 2.23. The molecule has 0 rings (SSSR count). The van der Waals surface area contributed by atoms with Gasteiger partial charge in [0.05, 0.1) is 6.61 Å². The summed E-state index contributed by atoms with van der Waals surface area (Å²) < 4.78 is 19.7. The normalized spacial score (nSPS) is 14.4. The van der Waals surface area contributed by atoms with E-state index in [0.717, 1.165) is 19.3 Å². The fourth-order valence-corrected chi connectivity index (χ4v) is 2.58. The zero-order chi connectivity index (χ0) is 18.4. The molecule has 8 heteroatoms. The van der Waals surface area contributed by atoms with Crippen molar-refractivity contribution in [3.05, 3.63) is 0 Å². The Hall–Kier alpha value is -0.460. The van der Waals surface area contributed by atoms with Crippen molar-refractivity contribution < 1.29 is 33.5 Å². The summed E-state index contributed by atoms with van der Waals surface area (Å²) in [4.78, 5) is 28.7. The molecule has 3 N–H and O–H groups in total. The van der Waals surface area contributed by atoms with Gasteiger partial charge in [-0.25, -0.2) is 4.57 Å². The van der Waals surface area contributed by atoms with Crippen molar-refractivity contribution in [2.45, 2.75) is 90.3 Å². The first-order chi connectivity index (χ1) is 11.3. The number of esters is 1. The number of hydrogen-bond acceptors (Lipinski definition) is 5. The molecule has 0 heterocycles. The molecule has 144 valence electrons. The Balaban J connectivity index is 3.62. The minimum Gasteiger partial charge on any atom is -0.460 e. The minimum atomic E-state index is -4.63. The van der Waals surface area contributed by atoms with Crippen LogP contribution in [0.4, 0.5) is 0 Å². The summed E-state index contributed by atoms with van der Waals surface area (Å²) in [6.45, 7) is 3.07. The van der Waals surface area contributed by atoms with Crippen LogP contribution in [-0.2, 0) is 18.6 Å². The minimum absolute atomic E-state index is 0.284. The third-order valence-corrected chi connectivity index (χ3v) is 4.24. The first kappa shape index (κ1) is 23.5.